The molecule has 0 aliphatic rings. The highest BCUT2D eigenvalue weighted by Gasteiger charge is 2.36. The van der Waals surface area contributed by atoms with E-state index in [-0.39, 0.29) is 11.2 Å². The quantitative estimate of drug-likeness (QED) is 0.907. The molecular formula is C15H17FN2O4. The number of nitrogens with zero attached hydrogens (tertiary/aromatic N) is 1. The van der Waals surface area contributed by atoms with E-state index in [1.54, 1.807) is 0 Å². The summed E-state index contributed by atoms with van der Waals surface area (Å²) in [5, 5.41) is 9.61. The van der Waals surface area contributed by atoms with Gasteiger partial charge in [0.15, 0.2) is 0 Å². The molecule has 1 heterocycles. The first-order chi connectivity index (χ1) is 10.2. The van der Waals surface area contributed by atoms with Gasteiger partial charge in [0.05, 0.1) is 12.6 Å². The number of H-pyrrole nitrogens is 1. The average Bonchev–Trinajstić information content (AvgIpc) is 2.92. The monoisotopic (exact) mass is 308 g/mol. The lowest BCUT2D eigenvalue weighted by Crippen LogP contribution is -2.50. The second kappa shape index (κ2) is 5.32. The molecule has 0 radical (unpaired) electrons. The molecule has 2 aromatic rings. The van der Waals surface area contributed by atoms with Crippen LogP contribution in [-0.2, 0) is 4.79 Å². The Bertz CT molecular complexity index is 751. The van der Waals surface area contributed by atoms with Crippen LogP contribution in [0.4, 0.5) is 4.39 Å². The number of methoxy groups -OCH3 is 1. The van der Waals surface area contributed by atoms with Crippen LogP contribution in [0.5, 0.6) is 5.75 Å². The molecule has 0 spiro atoms. The van der Waals surface area contributed by atoms with Crippen LogP contribution in [0.2, 0.25) is 0 Å². The minimum absolute atomic E-state index is 0.0928. The molecule has 0 saturated heterocycles. The molecule has 0 unspecified atom stereocenters. The Labute approximate surface area is 126 Å². The Morgan fingerprint density at radius 3 is 2.55 bits per heavy atom. The highest BCUT2D eigenvalue weighted by atomic mass is 19.1. The molecule has 1 aromatic heterocycles. The van der Waals surface area contributed by atoms with Crippen LogP contribution < -0.4 is 4.74 Å². The number of carbonyl (C=O) groups is 2. The van der Waals surface area contributed by atoms with Crippen molar-refractivity contribution in [1.82, 2.24) is 9.88 Å². The zero-order valence-electron chi connectivity index (χ0n) is 12.7. The molecule has 7 heteroatoms. The fourth-order valence-corrected chi connectivity index (χ4v) is 2.03. The van der Waals surface area contributed by atoms with Crippen molar-refractivity contribution in [2.75, 3.05) is 14.2 Å². The Morgan fingerprint density at radius 2 is 2.00 bits per heavy atom. The van der Waals surface area contributed by atoms with Crippen LogP contribution in [-0.4, -0.2) is 46.6 Å². The Hall–Kier alpha value is -2.57. The van der Waals surface area contributed by atoms with Gasteiger partial charge in [-0.2, -0.15) is 0 Å². The third kappa shape index (κ3) is 2.38. The third-order valence-electron chi connectivity index (χ3n) is 3.82. The minimum Gasteiger partial charge on any atom is -0.496 e. The predicted octanol–water partition coefficient (Wildman–Crippen LogP) is 2.25. The molecule has 2 rings (SSSR count). The molecule has 1 aromatic carbocycles. The van der Waals surface area contributed by atoms with Crippen molar-refractivity contribution in [3.63, 3.8) is 0 Å². The third-order valence-corrected chi connectivity index (χ3v) is 3.82. The number of carboxylic acid groups (broad SMARTS) is 1. The van der Waals surface area contributed by atoms with E-state index in [2.05, 4.69) is 4.98 Å². The molecule has 0 fully saturated rings. The highest BCUT2D eigenvalue weighted by Crippen LogP contribution is 2.29. The number of fused-ring (bicyclic) bond motifs is 1. The van der Waals surface area contributed by atoms with Crippen LogP contribution in [0.3, 0.4) is 0 Å². The number of carboxylic acids is 1. The molecule has 2 N–H and O–H groups in total. The molecule has 1 amide bonds. The largest absolute Gasteiger partial charge is 0.496 e. The van der Waals surface area contributed by atoms with Gasteiger partial charge in [-0.05, 0) is 32.0 Å². The first-order valence-corrected chi connectivity index (χ1v) is 6.57. The topological polar surface area (TPSA) is 82.6 Å². The van der Waals surface area contributed by atoms with E-state index in [4.69, 9.17) is 4.74 Å². The van der Waals surface area contributed by atoms with E-state index >= 15 is 0 Å². The van der Waals surface area contributed by atoms with Gasteiger partial charge >= 0.3 is 5.97 Å². The van der Waals surface area contributed by atoms with Crippen molar-refractivity contribution >= 4 is 22.8 Å². The number of hydrogen-bond acceptors (Lipinski definition) is 3. The molecule has 0 aliphatic heterocycles. The summed E-state index contributed by atoms with van der Waals surface area (Å²) in [6, 6.07) is 4.15. The van der Waals surface area contributed by atoms with Gasteiger partial charge in [-0.15, -0.1) is 0 Å². The van der Waals surface area contributed by atoms with Gasteiger partial charge in [0.1, 0.15) is 22.8 Å². The zero-order chi connectivity index (χ0) is 16.7. The summed E-state index contributed by atoms with van der Waals surface area (Å²) in [5.41, 5.74) is -1.16. The van der Waals surface area contributed by atoms with Crippen LogP contribution in [0.1, 0.15) is 24.3 Å². The van der Waals surface area contributed by atoms with Crippen LogP contribution in [0.25, 0.3) is 10.9 Å². The van der Waals surface area contributed by atoms with E-state index < -0.39 is 23.2 Å². The first-order valence-electron chi connectivity index (χ1n) is 6.57. The highest BCUT2D eigenvalue weighted by molar-refractivity contribution is 6.01. The summed E-state index contributed by atoms with van der Waals surface area (Å²) < 4.78 is 19.0. The number of carbonyl (C=O) groups excluding carboxylic acids is 1. The van der Waals surface area contributed by atoms with Gasteiger partial charge in [-0.1, -0.05) is 0 Å². The Balaban J connectivity index is 2.50. The number of rotatable bonds is 4. The number of benzene rings is 1. The zero-order valence-corrected chi connectivity index (χ0v) is 12.7. The van der Waals surface area contributed by atoms with Crippen LogP contribution in [0.15, 0.2) is 18.2 Å². The predicted molar refractivity (Wildman–Crippen MR) is 78.6 cm³/mol. The molecule has 0 aliphatic carbocycles. The summed E-state index contributed by atoms with van der Waals surface area (Å²) >= 11 is 0. The lowest BCUT2D eigenvalue weighted by Gasteiger charge is -2.31. The Morgan fingerprint density at radius 1 is 1.36 bits per heavy atom. The van der Waals surface area contributed by atoms with E-state index in [1.165, 1.54) is 46.2 Å². The number of likely N-dealkylation sites (N-methyl/N-ethyl adjacent to an activating group) is 1. The second-order valence-electron chi connectivity index (χ2n) is 5.45. The van der Waals surface area contributed by atoms with Crippen LogP contribution in [0, 0.1) is 5.82 Å². The average molecular weight is 308 g/mol. The normalized spacial score (nSPS) is 11.5. The fourth-order valence-electron chi connectivity index (χ4n) is 2.03. The second-order valence-corrected chi connectivity index (χ2v) is 5.45. The van der Waals surface area contributed by atoms with Gasteiger partial charge in [-0.3, -0.25) is 4.79 Å². The summed E-state index contributed by atoms with van der Waals surface area (Å²) in [5.74, 6) is -1.78. The fraction of sp³-hybridized carbons (Fsp3) is 0.333. The molecular weight excluding hydrogens is 291 g/mol. The molecule has 0 atom stereocenters. The lowest BCUT2D eigenvalue weighted by molar-refractivity contribution is -0.147. The number of hydrogen-bond donors (Lipinski definition) is 2. The van der Waals surface area contributed by atoms with Gasteiger partial charge in [0.2, 0.25) is 0 Å². The summed E-state index contributed by atoms with van der Waals surface area (Å²) in [6.45, 7) is 2.83. The maximum absolute atomic E-state index is 13.8. The van der Waals surface area contributed by atoms with Crippen molar-refractivity contribution in [2.24, 2.45) is 0 Å². The van der Waals surface area contributed by atoms with Gasteiger partial charge in [0, 0.05) is 12.4 Å². The van der Waals surface area contributed by atoms with E-state index in [1.807, 2.05) is 0 Å². The van der Waals surface area contributed by atoms with Gasteiger partial charge in [-0.25, -0.2) is 9.18 Å². The first kappa shape index (κ1) is 15.8. The number of amides is 1. The Kier molecular flexibility index (Phi) is 3.83. The number of aliphatic carboxylic acids is 1. The summed E-state index contributed by atoms with van der Waals surface area (Å²) in [6.07, 6.45) is 0. The van der Waals surface area contributed by atoms with Gasteiger partial charge in [0.25, 0.3) is 5.91 Å². The van der Waals surface area contributed by atoms with E-state index in [0.29, 0.717) is 11.1 Å². The van der Waals surface area contributed by atoms with Crippen molar-refractivity contribution in [3.05, 3.63) is 29.7 Å². The maximum Gasteiger partial charge on any atom is 0.329 e. The standard InChI is InChI=1S/C15H17FN2O4/c1-15(2,14(20)21)18(3)13(19)10-7-8-11(22-4)6-5-9(16)12(8)17-10/h5-7,17H,1-4H3,(H,20,21). The molecule has 0 saturated carbocycles. The number of ether oxygens (including phenoxy) is 1. The van der Waals surface area contributed by atoms with Crippen molar-refractivity contribution < 1.29 is 23.8 Å². The van der Waals surface area contributed by atoms with E-state index in [0.717, 1.165) is 4.90 Å². The van der Waals surface area contributed by atoms with Gasteiger partial charge < -0.3 is 19.7 Å². The molecule has 0 bridgehead atoms. The minimum atomic E-state index is -1.39. The summed E-state index contributed by atoms with van der Waals surface area (Å²) in [7, 11) is 2.83. The number of aromatic nitrogens is 1. The number of nitrogens with one attached hydrogen (secondary N) is 1. The molecule has 6 nitrogen and oxygen atoms in total. The van der Waals surface area contributed by atoms with Crippen molar-refractivity contribution in [1.29, 1.82) is 0 Å². The SMILES string of the molecule is COc1ccc(F)c2[nH]c(C(=O)N(C)C(C)(C)C(=O)O)cc12. The van der Waals surface area contributed by atoms with Crippen LogP contribution >= 0.6 is 0 Å². The number of halogens is 1. The van der Waals surface area contributed by atoms with Crippen molar-refractivity contribution in [2.45, 2.75) is 19.4 Å². The van der Waals surface area contributed by atoms with Crippen molar-refractivity contribution in [3.8, 4) is 5.75 Å². The molecule has 22 heavy (non-hydrogen) atoms. The number of aromatic amines is 1. The maximum atomic E-state index is 13.8. The lowest BCUT2D eigenvalue weighted by atomic mass is 10.0. The van der Waals surface area contributed by atoms with E-state index in [9.17, 15) is 19.1 Å². The molecule has 118 valence electrons. The summed E-state index contributed by atoms with van der Waals surface area (Å²) in [4.78, 5) is 27.5. The smallest absolute Gasteiger partial charge is 0.329 e.